The molecular weight excluding hydrogens is 385 g/mol. The molecule has 2 aromatic rings. The number of hydrogen-bond acceptors (Lipinski definition) is 5. The highest BCUT2D eigenvalue weighted by atomic mass is 35.5. The highest BCUT2D eigenvalue weighted by Gasteiger charge is 2.66. The van der Waals surface area contributed by atoms with Crippen molar-refractivity contribution in [1.82, 2.24) is 14.5 Å². The van der Waals surface area contributed by atoms with Crippen LogP contribution in [0.4, 0.5) is 18.9 Å². The summed E-state index contributed by atoms with van der Waals surface area (Å²) < 4.78 is 51.9. The van der Waals surface area contributed by atoms with Crippen molar-refractivity contribution in [3.63, 3.8) is 0 Å². The zero-order valence-corrected chi connectivity index (χ0v) is 15.4. The number of alkyl halides is 3. The third kappa shape index (κ3) is 2.87. The molecule has 5 atom stereocenters. The molecule has 1 N–H and O–H groups in total. The summed E-state index contributed by atoms with van der Waals surface area (Å²) in [6, 6.07) is 1.34. The number of aromatic nitrogens is 3. The fraction of sp³-hybridized carbons (Fsp3) is 0.647. The van der Waals surface area contributed by atoms with Crippen molar-refractivity contribution in [3.8, 4) is 0 Å². The largest absolute Gasteiger partial charge is 0.405 e. The first-order valence-electron chi connectivity index (χ1n) is 8.82. The maximum Gasteiger partial charge on any atom is 0.405 e. The lowest BCUT2D eigenvalue weighted by Gasteiger charge is -2.24. The lowest BCUT2D eigenvalue weighted by atomic mass is 10.1. The van der Waals surface area contributed by atoms with Gasteiger partial charge in [-0.05, 0) is 32.1 Å². The minimum Gasteiger partial charge on any atom is -0.375 e. The van der Waals surface area contributed by atoms with Crippen LogP contribution in [0.25, 0.3) is 11.2 Å². The Morgan fingerprint density at radius 3 is 2.78 bits per heavy atom. The number of anilines is 1. The lowest BCUT2D eigenvalue weighted by molar-refractivity contribution is -0.156. The van der Waals surface area contributed by atoms with Crippen molar-refractivity contribution in [2.24, 2.45) is 11.8 Å². The summed E-state index contributed by atoms with van der Waals surface area (Å²) in [5, 5.41) is 2.48. The number of pyridine rings is 1. The van der Waals surface area contributed by atoms with E-state index in [9.17, 15) is 13.2 Å². The molecule has 0 bridgehead atoms. The zero-order valence-electron chi connectivity index (χ0n) is 14.6. The van der Waals surface area contributed by atoms with Crippen LogP contribution >= 0.6 is 11.6 Å². The van der Waals surface area contributed by atoms with E-state index in [2.05, 4.69) is 15.3 Å². The number of halogens is 4. The van der Waals surface area contributed by atoms with E-state index in [1.807, 2.05) is 18.4 Å². The molecule has 0 radical (unpaired) electrons. The van der Waals surface area contributed by atoms with Gasteiger partial charge in [-0.25, -0.2) is 9.97 Å². The fourth-order valence-corrected chi connectivity index (χ4v) is 4.74. The van der Waals surface area contributed by atoms with Gasteiger partial charge in [0.2, 0.25) is 0 Å². The van der Waals surface area contributed by atoms with Crippen LogP contribution in [0.15, 0.2) is 12.4 Å². The molecule has 0 spiro atoms. The van der Waals surface area contributed by atoms with Crippen molar-refractivity contribution in [1.29, 1.82) is 0 Å². The van der Waals surface area contributed by atoms with E-state index in [0.29, 0.717) is 23.0 Å². The Morgan fingerprint density at radius 1 is 1.30 bits per heavy atom. The summed E-state index contributed by atoms with van der Waals surface area (Å²) in [7, 11) is 0. The van der Waals surface area contributed by atoms with Crippen LogP contribution in [0.1, 0.15) is 26.3 Å². The first kappa shape index (κ1) is 17.5. The Morgan fingerprint density at radius 2 is 2.04 bits per heavy atom. The fourth-order valence-electron chi connectivity index (χ4n) is 4.55. The number of hydrogen-bond donors (Lipinski definition) is 1. The van der Waals surface area contributed by atoms with Gasteiger partial charge in [0.25, 0.3) is 0 Å². The normalized spacial score (nSPS) is 33.9. The number of nitrogens with zero attached hydrogens (tertiary/aromatic N) is 3. The zero-order chi connectivity index (χ0) is 19.1. The first-order valence-corrected chi connectivity index (χ1v) is 9.20. The van der Waals surface area contributed by atoms with E-state index in [1.165, 1.54) is 6.07 Å². The van der Waals surface area contributed by atoms with Crippen LogP contribution < -0.4 is 5.32 Å². The molecular formula is C17H18ClF3N4O2. The molecule has 0 aromatic carbocycles. The molecule has 2 aliphatic carbocycles. The smallest absolute Gasteiger partial charge is 0.375 e. The summed E-state index contributed by atoms with van der Waals surface area (Å²) in [6.07, 6.45) is -1.80. The summed E-state index contributed by atoms with van der Waals surface area (Å²) in [5.41, 5.74) is 1.03. The molecule has 0 amide bonds. The second-order valence-corrected chi connectivity index (χ2v) is 8.29. The molecule has 3 heterocycles. The van der Waals surface area contributed by atoms with Gasteiger partial charge < -0.3 is 19.4 Å². The number of fused-ring (bicyclic) bond motifs is 4. The van der Waals surface area contributed by atoms with Gasteiger partial charge >= 0.3 is 6.18 Å². The van der Waals surface area contributed by atoms with Gasteiger partial charge in [-0.1, -0.05) is 11.6 Å². The molecule has 27 heavy (non-hydrogen) atoms. The Labute approximate surface area is 158 Å². The minimum atomic E-state index is -4.34. The van der Waals surface area contributed by atoms with Crippen LogP contribution in [-0.4, -0.2) is 45.3 Å². The SMILES string of the molecule is CC1(C)O[C@@H]2[C@@H]3C[C@@H]3[C@@H](n3cnc4c(NCC(F)(F)F)cc(Cl)nc43)[C@@H]2O1. The van der Waals surface area contributed by atoms with Gasteiger partial charge in [-0.3, -0.25) is 0 Å². The number of imidazole rings is 1. The molecule has 2 saturated carbocycles. The Kier molecular flexibility index (Phi) is 3.56. The van der Waals surface area contributed by atoms with E-state index in [0.717, 1.165) is 6.42 Å². The number of nitrogens with one attached hydrogen (secondary N) is 1. The molecule has 1 saturated heterocycles. The van der Waals surface area contributed by atoms with Crippen molar-refractivity contribution in [2.75, 3.05) is 11.9 Å². The van der Waals surface area contributed by atoms with Gasteiger partial charge in [-0.15, -0.1) is 0 Å². The quantitative estimate of drug-likeness (QED) is 0.792. The molecule has 10 heteroatoms. The van der Waals surface area contributed by atoms with Crippen molar-refractivity contribution < 1.29 is 22.6 Å². The Bertz CT molecular complexity index is 915. The van der Waals surface area contributed by atoms with Gasteiger partial charge in [0.15, 0.2) is 11.4 Å². The molecule has 0 unspecified atom stereocenters. The van der Waals surface area contributed by atoms with E-state index in [4.69, 9.17) is 21.1 Å². The van der Waals surface area contributed by atoms with Gasteiger partial charge in [0.05, 0.1) is 24.2 Å². The van der Waals surface area contributed by atoms with E-state index in [1.54, 1.807) is 6.33 Å². The maximum absolute atomic E-state index is 12.6. The van der Waals surface area contributed by atoms with Crippen molar-refractivity contribution >= 4 is 28.5 Å². The van der Waals surface area contributed by atoms with Crippen LogP contribution in [-0.2, 0) is 9.47 Å². The summed E-state index contributed by atoms with van der Waals surface area (Å²) in [4.78, 5) is 8.66. The number of ether oxygens (including phenoxy) is 2. The van der Waals surface area contributed by atoms with Crippen LogP contribution in [0.2, 0.25) is 5.15 Å². The summed E-state index contributed by atoms with van der Waals surface area (Å²) >= 11 is 6.08. The molecule has 146 valence electrons. The predicted octanol–water partition coefficient (Wildman–Crippen LogP) is 3.77. The topological polar surface area (TPSA) is 61.2 Å². The highest BCUT2D eigenvalue weighted by molar-refractivity contribution is 6.30. The average molecular weight is 403 g/mol. The molecule has 3 aliphatic rings. The Hall–Kier alpha value is -1.58. The monoisotopic (exact) mass is 402 g/mol. The summed E-state index contributed by atoms with van der Waals surface area (Å²) in [6.45, 7) is 2.61. The molecule has 2 aromatic heterocycles. The number of rotatable bonds is 3. The summed E-state index contributed by atoms with van der Waals surface area (Å²) in [5.74, 6) is 0.171. The molecule has 1 aliphatic heterocycles. The van der Waals surface area contributed by atoms with Crippen LogP contribution in [0.5, 0.6) is 0 Å². The van der Waals surface area contributed by atoms with Gasteiger partial charge in [-0.2, -0.15) is 13.2 Å². The van der Waals surface area contributed by atoms with Crippen LogP contribution in [0.3, 0.4) is 0 Å². The van der Waals surface area contributed by atoms with Crippen molar-refractivity contribution in [2.45, 2.75) is 50.5 Å². The van der Waals surface area contributed by atoms with Gasteiger partial charge in [0.1, 0.15) is 23.3 Å². The van der Waals surface area contributed by atoms with Crippen LogP contribution in [0, 0.1) is 11.8 Å². The van der Waals surface area contributed by atoms with E-state index >= 15 is 0 Å². The molecule has 6 nitrogen and oxygen atoms in total. The predicted molar refractivity (Wildman–Crippen MR) is 91.5 cm³/mol. The third-order valence-electron chi connectivity index (χ3n) is 5.55. The lowest BCUT2D eigenvalue weighted by Crippen LogP contribution is -2.30. The Balaban J connectivity index is 1.53. The third-order valence-corrected chi connectivity index (χ3v) is 5.74. The average Bonchev–Trinajstić information content (AvgIpc) is 2.98. The minimum absolute atomic E-state index is 0.0202. The van der Waals surface area contributed by atoms with Crippen molar-refractivity contribution in [3.05, 3.63) is 17.5 Å². The van der Waals surface area contributed by atoms with E-state index < -0.39 is 18.5 Å². The highest BCUT2D eigenvalue weighted by Crippen LogP contribution is 2.63. The maximum atomic E-state index is 12.6. The van der Waals surface area contributed by atoms with Gasteiger partial charge in [0, 0.05) is 6.07 Å². The molecule has 5 rings (SSSR count). The second-order valence-electron chi connectivity index (χ2n) is 7.90. The second kappa shape index (κ2) is 5.48. The standard InChI is InChI=1S/C17H18ClF3N4O2/c1-16(2)26-13-8-3-7(8)12(14(13)27-16)25-6-23-11-9(22-5-17(19,20)21)4-10(18)24-15(11)25/h4,6-8,12-14H,3,5H2,1-2H3,(H,22,24)/t7-,8+,12+,13+,14-/m0/s1. The first-order chi connectivity index (χ1) is 12.6. The van der Waals surface area contributed by atoms with E-state index in [-0.39, 0.29) is 29.1 Å². The molecule has 3 fully saturated rings.